The van der Waals surface area contributed by atoms with Crippen LogP contribution in [-0.2, 0) is 6.18 Å². The molecule has 2 aromatic rings. The summed E-state index contributed by atoms with van der Waals surface area (Å²) in [6, 6.07) is 5.81. The van der Waals surface area contributed by atoms with Crippen LogP contribution in [0.1, 0.15) is 25.0 Å². The maximum absolute atomic E-state index is 12.6. The van der Waals surface area contributed by atoms with Gasteiger partial charge in [-0.3, -0.25) is 0 Å². The highest BCUT2D eigenvalue weighted by atomic mass is 19.4. The van der Waals surface area contributed by atoms with Crippen molar-refractivity contribution in [1.82, 2.24) is 9.78 Å². The second-order valence-corrected chi connectivity index (χ2v) is 3.45. The average Bonchev–Trinajstić information content (AvgIpc) is 2.84. The Balaban J connectivity index is 0.000000771. The van der Waals surface area contributed by atoms with Crippen LogP contribution < -0.4 is 0 Å². The van der Waals surface area contributed by atoms with E-state index in [2.05, 4.69) is 5.10 Å². The predicted molar refractivity (Wildman–Crippen MR) is 64.7 cm³/mol. The molecule has 1 heterocycles. The van der Waals surface area contributed by atoms with Gasteiger partial charge < -0.3 is 0 Å². The van der Waals surface area contributed by atoms with Crippen molar-refractivity contribution in [3.05, 3.63) is 47.8 Å². The third-order valence-electron chi connectivity index (χ3n) is 2.30. The fourth-order valence-corrected chi connectivity index (χ4v) is 1.48. The van der Waals surface area contributed by atoms with Crippen molar-refractivity contribution in [2.24, 2.45) is 0 Å². The first-order chi connectivity index (χ1) is 8.48. The van der Waals surface area contributed by atoms with Gasteiger partial charge in [0.05, 0.1) is 11.3 Å². The molecule has 18 heavy (non-hydrogen) atoms. The molecule has 0 bridgehead atoms. The quantitative estimate of drug-likeness (QED) is 0.746. The number of hydrogen-bond donors (Lipinski definition) is 0. The molecule has 1 aromatic heterocycles. The molecule has 98 valence electrons. The van der Waals surface area contributed by atoms with Crippen LogP contribution in [0.25, 0.3) is 5.69 Å². The molecule has 0 N–H and O–H groups in total. The van der Waals surface area contributed by atoms with Gasteiger partial charge in [0, 0.05) is 12.4 Å². The Morgan fingerprint density at radius 3 is 2.33 bits per heavy atom. The van der Waals surface area contributed by atoms with Gasteiger partial charge in [-0.2, -0.15) is 18.3 Å². The van der Waals surface area contributed by atoms with Crippen molar-refractivity contribution in [2.45, 2.75) is 26.9 Å². The number of rotatable bonds is 1. The molecule has 5 heteroatoms. The van der Waals surface area contributed by atoms with Gasteiger partial charge in [-0.25, -0.2) is 4.68 Å². The van der Waals surface area contributed by atoms with Gasteiger partial charge in [0.1, 0.15) is 0 Å². The summed E-state index contributed by atoms with van der Waals surface area (Å²) in [6.07, 6.45) is -1.20. The van der Waals surface area contributed by atoms with Gasteiger partial charge >= 0.3 is 6.18 Å². The Hall–Kier alpha value is -1.78. The largest absolute Gasteiger partial charge is 0.416 e. The van der Waals surface area contributed by atoms with E-state index in [1.165, 1.54) is 23.9 Å². The van der Waals surface area contributed by atoms with E-state index in [9.17, 15) is 13.2 Å². The summed E-state index contributed by atoms with van der Waals surface area (Å²) in [5.74, 6) is 0. The first-order valence-corrected chi connectivity index (χ1v) is 5.66. The maximum atomic E-state index is 12.6. The molecule has 0 spiro atoms. The van der Waals surface area contributed by atoms with E-state index in [4.69, 9.17) is 0 Å². The van der Waals surface area contributed by atoms with Crippen molar-refractivity contribution >= 4 is 0 Å². The summed E-state index contributed by atoms with van der Waals surface area (Å²) >= 11 is 0. The second kappa shape index (κ2) is 5.71. The molecule has 0 aliphatic carbocycles. The maximum Gasteiger partial charge on any atom is 0.416 e. The topological polar surface area (TPSA) is 17.8 Å². The Bertz CT molecular complexity index is 487. The van der Waals surface area contributed by atoms with E-state index in [1.807, 2.05) is 13.8 Å². The van der Waals surface area contributed by atoms with E-state index in [0.717, 1.165) is 6.07 Å². The highest BCUT2D eigenvalue weighted by Gasteiger charge is 2.32. The minimum absolute atomic E-state index is 0.211. The Morgan fingerprint density at radius 2 is 1.83 bits per heavy atom. The summed E-state index contributed by atoms with van der Waals surface area (Å²) in [7, 11) is 0. The summed E-state index contributed by atoms with van der Waals surface area (Å²) in [4.78, 5) is 0. The number of hydrogen-bond acceptors (Lipinski definition) is 1. The lowest BCUT2D eigenvalue weighted by atomic mass is 10.1. The lowest BCUT2D eigenvalue weighted by Crippen LogP contribution is -2.08. The number of nitrogens with zero attached hydrogens (tertiary/aromatic N) is 2. The first kappa shape index (κ1) is 14.3. The minimum Gasteiger partial charge on any atom is -0.241 e. The SMILES string of the molecule is CC.Cc1ccc(-n2cccn2)cc1C(F)(F)F. The summed E-state index contributed by atoms with van der Waals surface area (Å²) in [5.41, 5.74) is -0.00756. The van der Waals surface area contributed by atoms with Crippen molar-refractivity contribution < 1.29 is 13.2 Å². The lowest BCUT2D eigenvalue weighted by molar-refractivity contribution is -0.138. The fraction of sp³-hybridized carbons (Fsp3) is 0.308. The molecule has 0 fully saturated rings. The predicted octanol–water partition coefficient (Wildman–Crippen LogP) is 4.23. The molecule has 0 saturated carbocycles. The van der Waals surface area contributed by atoms with Crippen LogP contribution in [0.15, 0.2) is 36.7 Å². The Morgan fingerprint density at radius 1 is 1.17 bits per heavy atom. The standard InChI is InChI=1S/C11H9F3N2.C2H6/c1-8-3-4-9(16-6-2-5-15-16)7-10(8)11(12,13)14;1-2/h2-7H,1H3;1-2H3. The monoisotopic (exact) mass is 256 g/mol. The molecular weight excluding hydrogens is 241 g/mol. The van der Waals surface area contributed by atoms with Crippen LogP contribution in [0, 0.1) is 6.92 Å². The van der Waals surface area contributed by atoms with E-state index in [1.54, 1.807) is 18.3 Å². The van der Waals surface area contributed by atoms with Crippen LogP contribution in [0.5, 0.6) is 0 Å². The number of halogens is 3. The van der Waals surface area contributed by atoms with Gasteiger partial charge in [0.2, 0.25) is 0 Å². The lowest BCUT2D eigenvalue weighted by Gasteiger charge is -2.11. The van der Waals surface area contributed by atoms with E-state index >= 15 is 0 Å². The highest BCUT2D eigenvalue weighted by Crippen LogP contribution is 2.32. The third kappa shape index (κ3) is 3.12. The zero-order valence-corrected chi connectivity index (χ0v) is 10.5. The molecule has 0 atom stereocenters. The number of aryl methyl sites for hydroxylation is 1. The first-order valence-electron chi connectivity index (χ1n) is 5.66. The van der Waals surface area contributed by atoms with Crippen LogP contribution in [0.3, 0.4) is 0 Å². The molecule has 2 rings (SSSR count). The van der Waals surface area contributed by atoms with Crippen LogP contribution in [0.4, 0.5) is 13.2 Å². The molecule has 2 nitrogen and oxygen atoms in total. The van der Waals surface area contributed by atoms with Gasteiger partial charge in [-0.05, 0) is 30.7 Å². The summed E-state index contributed by atoms with van der Waals surface area (Å²) in [5, 5.41) is 3.89. The number of benzene rings is 1. The molecule has 0 aliphatic heterocycles. The van der Waals surface area contributed by atoms with Crippen LogP contribution in [0.2, 0.25) is 0 Å². The van der Waals surface area contributed by atoms with Crippen molar-refractivity contribution in [3.63, 3.8) is 0 Å². The zero-order chi connectivity index (χ0) is 13.8. The molecule has 0 radical (unpaired) electrons. The fourth-order valence-electron chi connectivity index (χ4n) is 1.48. The summed E-state index contributed by atoms with van der Waals surface area (Å²) < 4.78 is 39.3. The van der Waals surface area contributed by atoms with Crippen molar-refractivity contribution in [1.29, 1.82) is 0 Å². The molecule has 0 amide bonds. The molecule has 1 aromatic carbocycles. The molecule has 0 saturated heterocycles. The van der Waals surface area contributed by atoms with E-state index < -0.39 is 11.7 Å². The molecular formula is C13H15F3N2. The van der Waals surface area contributed by atoms with Gasteiger partial charge in [0.15, 0.2) is 0 Å². The normalized spacial score (nSPS) is 10.8. The van der Waals surface area contributed by atoms with E-state index in [0.29, 0.717) is 5.69 Å². The van der Waals surface area contributed by atoms with Crippen molar-refractivity contribution in [3.8, 4) is 5.69 Å². The highest BCUT2D eigenvalue weighted by molar-refractivity contribution is 5.41. The zero-order valence-electron chi connectivity index (χ0n) is 10.5. The molecule has 0 aliphatic rings. The third-order valence-corrected chi connectivity index (χ3v) is 2.30. The average molecular weight is 256 g/mol. The number of alkyl halides is 3. The van der Waals surface area contributed by atoms with Gasteiger partial charge in [-0.15, -0.1) is 0 Å². The van der Waals surface area contributed by atoms with E-state index in [-0.39, 0.29) is 5.56 Å². The summed E-state index contributed by atoms with van der Waals surface area (Å²) in [6.45, 7) is 5.44. The van der Waals surface area contributed by atoms with Crippen LogP contribution in [-0.4, -0.2) is 9.78 Å². The minimum atomic E-state index is -4.33. The van der Waals surface area contributed by atoms with Crippen LogP contribution >= 0.6 is 0 Å². The van der Waals surface area contributed by atoms with Gasteiger partial charge in [-0.1, -0.05) is 19.9 Å². The molecule has 0 unspecified atom stereocenters. The number of aromatic nitrogens is 2. The van der Waals surface area contributed by atoms with Crippen molar-refractivity contribution in [2.75, 3.05) is 0 Å². The van der Waals surface area contributed by atoms with Gasteiger partial charge in [0.25, 0.3) is 0 Å². The smallest absolute Gasteiger partial charge is 0.241 e. The Labute approximate surface area is 104 Å². The Kier molecular flexibility index (Phi) is 4.53. The second-order valence-electron chi connectivity index (χ2n) is 3.45.